The van der Waals surface area contributed by atoms with E-state index in [1.165, 1.54) is 11.3 Å². The molecular weight excluding hydrogens is 353 g/mol. The number of thiazole rings is 1. The Bertz CT molecular complexity index is 815. The van der Waals surface area contributed by atoms with Crippen molar-refractivity contribution in [3.8, 4) is 0 Å². The van der Waals surface area contributed by atoms with E-state index < -0.39 is 0 Å². The number of anilines is 1. The molecule has 1 atom stereocenters. The number of nitrogen functional groups attached to an aromatic ring is 1. The summed E-state index contributed by atoms with van der Waals surface area (Å²) in [4.78, 5) is 15.9. The van der Waals surface area contributed by atoms with Gasteiger partial charge in [-0.15, -0.1) is 23.7 Å². The molecular formula is C15H17Cl2N5S. The van der Waals surface area contributed by atoms with Crippen molar-refractivity contribution >= 4 is 51.5 Å². The third-order valence-electron chi connectivity index (χ3n) is 4.07. The molecule has 0 spiro atoms. The van der Waals surface area contributed by atoms with Crippen LogP contribution in [0.4, 0.5) is 5.13 Å². The summed E-state index contributed by atoms with van der Waals surface area (Å²) in [5.74, 6) is 1.02. The summed E-state index contributed by atoms with van der Waals surface area (Å²) in [5, 5.41) is 1.36. The Labute approximate surface area is 149 Å². The van der Waals surface area contributed by atoms with Gasteiger partial charge in [0.2, 0.25) is 0 Å². The fraction of sp³-hybridized carbons (Fsp3) is 0.333. The number of hydrogen-bond acceptors (Lipinski definition) is 5. The van der Waals surface area contributed by atoms with Crippen LogP contribution >= 0.6 is 35.3 Å². The second-order valence-electron chi connectivity index (χ2n) is 5.58. The van der Waals surface area contributed by atoms with Crippen molar-refractivity contribution in [3.63, 3.8) is 0 Å². The Kier molecular flexibility index (Phi) is 4.77. The zero-order chi connectivity index (χ0) is 15.1. The van der Waals surface area contributed by atoms with Crippen LogP contribution in [-0.2, 0) is 6.54 Å². The van der Waals surface area contributed by atoms with E-state index in [4.69, 9.17) is 22.3 Å². The summed E-state index contributed by atoms with van der Waals surface area (Å²) >= 11 is 7.61. The second-order valence-corrected chi connectivity index (χ2v) is 7.16. The van der Waals surface area contributed by atoms with E-state index in [0.29, 0.717) is 11.2 Å². The number of imidazole rings is 1. The van der Waals surface area contributed by atoms with Crippen molar-refractivity contribution in [1.29, 1.82) is 0 Å². The maximum atomic E-state index is 6.05. The molecule has 0 bridgehead atoms. The molecule has 1 unspecified atom stereocenters. The van der Waals surface area contributed by atoms with Gasteiger partial charge in [0.1, 0.15) is 5.82 Å². The number of nitrogens with zero attached hydrogens (tertiary/aromatic N) is 3. The van der Waals surface area contributed by atoms with Crippen LogP contribution in [0.1, 0.15) is 29.6 Å². The van der Waals surface area contributed by atoms with Gasteiger partial charge in [0.15, 0.2) is 5.13 Å². The molecule has 23 heavy (non-hydrogen) atoms. The van der Waals surface area contributed by atoms with E-state index in [0.717, 1.165) is 41.4 Å². The zero-order valence-electron chi connectivity index (χ0n) is 12.3. The van der Waals surface area contributed by atoms with Crippen LogP contribution in [0.3, 0.4) is 0 Å². The van der Waals surface area contributed by atoms with Crippen molar-refractivity contribution in [2.24, 2.45) is 0 Å². The Hall–Kier alpha value is -1.34. The highest BCUT2D eigenvalue weighted by Crippen LogP contribution is 2.33. The number of fused-ring (bicyclic) bond motifs is 1. The number of benzene rings is 1. The van der Waals surface area contributed by atoms with E-state index in [9.17, 15) is 0 Å². The van der Waals surface area contributed by atoms with Crippen LogP contribution in [-0.4, -0.2) is 26.4 Å². The van der Waals surface area contributed by atoms with E-state index >= 15 is 0 Å². The lowest BCUT2D eigenvalue weighted by Gasteiger charge is -2.21. The molecule has 1 saturated heterocycles. The highest BCUT2D eigenvalue weighted by atomic mass is 35.5. The number of aromatic amines is 1. The van der Waals surface area contributed by atoms with Crippen molar-refractivity contribution < 1.29 is 0 Å². The third kappa shape index (κ3) is 3.30. The van der Waals surface area contributed by atoms with E-state index in [1.54, 1.807) is 11.3 Å². The third-order valence-corrected chi connectivity index (χ3v) is 5.12. The smallest absolute Gasteiger partial charge is 0.180 e. The van der Waals surface area contributed by atoms with Gasteiger partial charge in [-0.3, -0.25) is 4.90 Å². The molecule has 3 aromatic rings. The highest BCUT2D eigenvalue weighted by molar-refractivity contribution is 7.15. The van der Waals surface area contributed by atoms with Gasteiger partial charge in [-0.2, -0.15) is 0 Å². The number of halogens is 2. The molecule has 4 rings (SSSR count). The number of nitrogens with two attached hydrogens (primary N) is 1. The van der Waals surface area contributed by atoms with Crippen molar-refractivity contribution in [3.05, 3.63) is 40.1 Å². The normalized spacial score (nSPS) is 18.4. The second kappa shape index (κ2) is 6.65. The number of rotatable bonds is 3. The fourth-order valence-corrected chi connectivity index (χ4v) is 3.96. The molecule has 0 radical (unpaired) electrons. The molecule has 1 aromatic carbocycles. The van der Waals surface area contributed by atoms with Gasteiger partial charge in [0.25, 0.3) is 0 Å². The maximum absolute atomic E-state index is 6.05. The van der Waals surface area contributed by atoms with Crippen LogP contribution < -0.4 is 5.73 Å². The van der Waals surface area contributed by atoms with Gasteiger partial charge in [-0.25, -0.2) is 9.97 Å². The van der Waals surface area contributed by atoms with Crippen LogP contribution in [0.2, 0.25) is 5.02 Å². The number of likely N-dealkylation sites (tertiary alicyclic amines) is 1. The van der Waals surface area contributed by atoms with Crippen molar-refractivity contribution in [2.75, 3.05) is 12.3 Å². The summed E-state index contributed by atoms with van der Waals surface area (Å²) in [6, 6.07) is 6.08. The molecule has 1 aliphatic rings. The van der Waals surface area contributed by atoms with Gasteiger partial charge in [-0.1, -0.05) is 11.6 Å². The lowest BCUT2D eigenvalue weighted by Crippen LogP contribution is -2.23. The van der Waals surface area contributed by atoms with Crippen molar-refractivity contribution in [1.82, 2.24) is 19.9 Å². The minimum atomic E-state index is 0. The molecule has 0 amide bonds. The van der Waals surface area contributed by atoms with E-state index in [2.05, 4.69) is 14.9 Å². The monoisotopic (exact) mass is 369 g/mol. The minimum absolute atomic E-state index is 0. The average Bonchev–Trinajstić information content (AvgIpc) is 3.18. The first-order chi connectivity index (χ1) is 10.7. The summed E-state index contributed by atoms with van der Waals surface area (Å²) in [6.45, 7) is 1.94. The SMILES string of the molecule is Cl.Nc1ncc(CN2CCCC2c2nc3ccc(Cl)cc3[nH]2)s1. The van der Waals surface area contributed by atoms with Crippen LogP contribution in [0.25, 0.3) is 11.0 Å². The average molecular weight is 370 g/mol. The largest absolute Gasteiger partial charge is 0.375 e. The molecule has 0 aliphatic carbocycles. The zero-order valence-corrected chi connectivity index (χ0v) is 14.7. The van der Waals surface area contributed by atoms with E-state index in [1.807, 2.05) is 24.4 Å². The standard InChI is InChI=1S/C15H16ClN5S.ClH/c16-9-3-4-11-12(6-9)20-14(19-11)13-2-1-5-21(13)8-10-7-18-15(17)22-10;/h3-4,6-7,13H,1-2,5,8H2,(H2,17,18)(H,19,20);1H. The van der Waals surface area contributed by atoms with Crippen LogP contribution in [0, 0.1) is 0 Å². The van der Waals surface area contributed by atoms with Crippen LogP contribution in [0.5, 0.6) is 0 Å². The summed E-state index contributed by atoms with van der Waals surface area (Å²) < 4.78 is 0. The molecule has 3 N–H and O–H groups in total. The minimum Gasteiger partial charge on any atom is -0.375 e. The van der Waals surface area contributed by atoms with E-state index in [-0.39, 0.29) is 12.4 Å². The lowest BCUT2D eigenvalue weighted by molar-refractivity contribution is 0.243. The number of H-pyrrole nitrogens is 1. The Balaban J connectivity index is 0.00000156. The summed E-state index contributed by atoms with van der Waals surface area (Å²) in [7, 11) is 0. The first kappa shape index (κ1) is 16.5. The van der Waals surface area contributed by atoms with Gasteiger partial charge >= 0.3 is 0 Å². The van der Waals surface area contributed by atoms with Gasteiger partial charge in [0, 0.05) is 22.6 Å². The Morgan fingerprint density at radius 1 is 1.43 bits per heavy atom. The number of aromatic nitrogens is 3. The summed E-state index contributed by atoms with van der Waals surface area (Å²) in [5.41, 5.74) is 7.68. The predicted octanol–water partition coefficient (Wildman–Crippen LogP) is 4.01. The number of hydrogen-bond donors (Lipinski definition) is 2. The maximum Gasteiger partial charge on any atom is 0.180 e. The molecule has 0 saturated carbocycles. The molecule has 1 aliphatic heterocycles. The molecule has 3 heterocycles. The summed E-state index contributed by atoms with van der Waals surface area (Å²) in [6.07, 6.45) is 4.16. The highest BCUT2D eigenvalue weighted by Gasteiger charge is 2.28. The molecule has 5 nitrogen and oxygen atoms in total. The molecule has 8 heteroatoms. The van der Waals surface area contributed by atoms with Crippen molar-refractivity contribution in [2.45, 2.75) is 25.4 Å². The Morgan fingerprint density at radius 3 is 3.09 bits per heavy atom. The van der Waals surface area contributed by atoms with Gasteiger partial charge in [-0.05, 0) is 37.6 Å². The molecule has 2 aromatic heterocycles. The first-order valence-electron chi connectivity index (χ1n) is 7.28. The fourth-order valence-electron chi connectivity index (χ4n) is 3.08. The first-order valence-corrected chi connectivity index (χ1v) is 8.48. The molecule has 1 fully saturated rings. The Morgan fingerprint density at radius 2 is 2.30 bits per heavy atom. The predicted molar refractivity (Wildman–Crippen MR) is 97.3 cm³/mol. The van der Waals surface area contributed by atoms with Gasteiger partial charge in [0.05, 0.1) is 17.1 Å². The van der Waals surface area contributed by atoms with Crippen LogP contribution in [0.15, 0.2) is 24.4 Å². The number of nitrogens with one attached hydrogen (secondary N) is 1. The topological polar surface area (TPSA) is 70.8 Å². The quantitative estimate of drug-likeness (QED) is 0.731. The lowest BCUT2D eigenvalue weighted by atomic mass is 10.2. The van der Waals surface area contributed by atoms with Gasteiger partial charge < -0.3 is 10.7 Å². The molecule has 122 valence electrons.